The topological polar surface area (TPSA) is 97.1 Å². The van der Waals surface area contributed by atoms with Crippen LogP contribution in [0, 0.1) is 0 Å². The van der Waals surface area contributed by atoms with E-state index in [2.05, 4.69) is 15.3 Å². The van der Waals surface area contributed by atoms with E-state index in [4.69, 9.17) is 0 Å². The number of benzene rings is 3. The predicted molar refractivity (Wildman–Crippen MR) is 126 cm³/mol. The molecule has 0 fully saturated rings. The monoisotopic (exact) mass is 436 g/mol. The molecule has 0 saturated carbocycles. The summed E-state index contributed by atoms with van der Waals surface area (Å²) in [5, 5.41) is 14.1. The largest absolute Gasteiger partial charge is 0.481 e. The number of carbonyl (C=O) groups excluding carboxylic acids is 1. The molecule has 7 heteroatoms. The van der Waals surface area contributed by atoms with Gasteiger partial charge in [-0.2, -0.15) is 0 Å². The van der Waals surface area contributed by atoms with Crippen LogP contribution >= 0.6 is 0 Å². The number of anilines is 1. The summed E-state index contributed by atoms with van der Waals surface area (Å²) in [5.41, 5.74) is 3.27. The molecular weight excluding hydrogens is 416 g/mol. The number of aromatic nitrogens is 3. The fourth-order valence-corrected chi connectivity index (χ4v) is 4.07. The van der Waals surface area contributed by atoms with Crippen LogP contribution in [0.5, 0.6) is 0 Å². The molecule has 2 aromatic heterocycles. The molecule has 0 aliphatic rings. The number of fused-ring (bicyclic) bond motifs is 2. The lowest BCUT2D eigenvalue weighted by molar-refractivity contribution is -0.137. The first-order valence-corrected chi connectivity index (χ1v) is 10.5. The van der Waals surface area contributed by atoms with Crippen molar-refractivity contribution in [3.05, 3.63) is 103 Å². The summed E-state index contributed by atoms with van der Waals surface area (Å²) in [7, 11) is 0. The van der Waals surface area contributed by atoms with Gasteiger partial charge in [-0.25, -0.2) is 4.98 Å². The van der Waals surface area contributed by atoms with E-state index in [1.54, 1.807) is 24.7 Å². The predicted octanol–water partition coefficient (Wildman–Crippen LogP) is 4.90. The van der Waals surface area contributed by atoms with Gasteiger partial charge in [-0.1, -0.05) is 54.6 Å². The Kier molecular flexibility index (Phi) is 5.28. The minimum Gasteiger partial charge on any atom is -0.481 e. The van der Waals surface area contributed by atoms with Crippen molar-refractivity contribution in [2.24, 2.45) is 0 Å². The van der Waals surface area contributed by atoms with E-state index >= 15 is 0 Å². The highest BCUT2D eigenvalue weighted by Gasteiger charge is 2.20. The van der Waals surface area contributed by atoms with Crippen molar-refractivity contribution in [2.75, 3.05) is 5.32 Å². The van der Waals surface area contributed by atoms with Crippen LogP contribution in [0.25, 0.3) is 21.8 Å². The Labute approximate surface area is 189 Å². The Balaban J connectivity index is 1.46. The molecule has 5 aromatic rings. The molecule has 7 nitrogen and oxygen atoms in total. The number of pyridine rings is 1. The van der Waals surface area contributed by atoms with Gasteiger partial charge in [-0.15, -0.1) is 0 Å². The molecule has 162 valence electrons. The fourth-order valence-electron chi connectivity index (χ4n) is 4.07. The number of hydrogen-bond acceptors (Lipinski definition) is 4. The number of aliphatic carboxylic acids is 1. The fraction of sp³-hybridized carbons (Fsp3) is 0.0769. The zero-order valence-electron chi connectivity index (χ0n) is 17.6. The van der Waals surface area contributed by atoms with Crippen molar-refractivity contribution >= 4 is 39.4 Å². The second-order valence-electron chi connectivity index (χ2n) is 7.71. The second-order valence-corrected chi connectivity index (χ2v) is 7.71. The summed E-state index contributed by atoms with van der Waals surface area (Å²) in [5.74, 6) is -1.20. The Morgan fingerprint density at radius 3 is 2.55 bits per heavy atom. The molecule has 33 heavy (non-hydrogen) atoms. The Hall–Kier alpha value is -4.52. The molecule has 0 spiro atoms. The van der Waals surface area contributed by atoms with Crippen LogP contribution in [0.4, 0.5) is 5.69 Å². The molecule has 0 aliphatic heterocycles. The first-order valence-electron chi connectivity index (χ1n) is 10.5. The van der Waals surface area contributed by atoms with Gasteiger partial charge in [0.25, 0.3) is 5.91 Å². The molecule has 1 atom stereocenters. The van der Waals surface area contributed by atoms with E-state index < -0.39 is 12.0 Å². The summed E-state index contributed by atoms with van der Waals surface area (Å²) in [4.78, 5) is 33.2. The minimum atomic E-state index is -0.892. The maximum Gasteiger partial charge on any atom is 0.305 e. The highest BCUT2D eigenvalue weighted by atomic mass is 16.4. The van der Waals surface area contributed by atoms with E-state index in [0.29, 0.717) is 16.9 Å². The van der Waals surface area contributed by atoms with E-state index in [1.807, 2.05) is 71.3 Å². The zero-order chi connectivity index (χ0) is 22.8. The maximum absolute atomic E-state index is 12.9. The lowest BCUT2D eigenvalue weighted by Gasteiger charge is -2.18. The van der Waals surface area contributed by atoms with Gasteiger partial charge >= 0.3 is 5.97 Å². The van der Waals surface area contributed by atoms with Crippen LogP contribution in [-0.2, 0) is 4.79 Å². The number of imidazole rings is 1. The Morgan fingerprint density at radius 2 is 1.73 bits per heavy atom. The zero-order valence-corrected chi connectivity index (χ0v) is 17.6. The van der Waals surface area contributed by atoms with Crippen molar-refractivity contribution in [2.45, 2.75) is 12.5 Å². The summed E-state index contributed by atoms with van der Waals surface area (Å²) in [6.45, 7) is 0. The van der Waals surface area contributed by atoms with Crippen LogP contribution in [0.2, 0.25) is 0 Å². The van der Waals surface area contributed by atoms with Crippen molar-refractivity contribution in [1.82, 2.24) is 14.5 Å². The maximum atomic E-state index is 12.9. The molecule has 1 unspecified atom stereocenters. The third-order valence-electron chi connectivity index (χ3n) is 5.61. The van der Waals surface area contributed by atoms with Gasteiger partial charge in [-0.05, 0) is 35.2 Å². The first-order chi connectivity index (χ1) is 16.1. The van der Waals surface area contributed by atoms with E-state index in [-0.39, 0.29) is 12.3 Å². The SMILES string of the molecule is O=C(O)CC(c1ccccc1)n1cnc2cc(NC(=O)c3nccc4ccccc34)ccc21. The van der Waals surface area contributed by atoms with E-state index in [1.165, 1.54) is 0 Å². The van der Waals surface area contributed by atoms with Crippen molar-refractivity contribution in [3.63, 3.8) is 0 Å². The van der Waals surface area contributed by atoms with Gasteiger partial charge in [-0.3, -0.25) is 14.6 Å². The summed E-state index contributed by atoms with van der Waals surface area (Å²) < 4.78 is 1.86. The highest BCUT2D eigenvalue weighted by Crippen LogP contribution is 2.28. The lowest BCUT2D eigenvalue weighted by Crippen LogP contribution is -2.15. The van der Waals surface area contributed by atoms with Crippen molar-refractivity contribution in [3.8, 4) is 0 Å². The van der Waals surface area contributed by atoms with Crippen LogP contribution in [0.15, 0.2) is 91.4 Å². The van der Waals surface area contributed by atoms with Gasteiger partial charge in [0, 0.05) is 17.3 Å². The number of nitrogens with one attached hydrogen (secondary N) is 1. The van der Waals surface area contributed by atoms with Gasteiger partial charge in [0.05, 0.1) is 29.8 Å². The number of amides is 1. The third kappa shape index (κ3) is 4.04. The summed E-state index contributed by atoms with van der Waals surface area (Å²) in [6.07, 6.45) is 3.19. The minimum absolute atomic E-state index is 0.0687. The van der Waals surface area contributed by atoms with Gasteiger partial charge in [0.15, 0.2) is 0 Å². The standard InChI is InChI=1S/C26H20N4O3/c31-24(32)15-23(18-7-2-1-3-8-18)30-16-28-21-14-19(10-11-22(21)30)29-26(33)25-20-9-5-4-6-17(20)12-13-27-25/h1-14,16,23H,15H2,(H,29,33)(H,31,32). The lowest BCUT2D eigenvalue weighted by atomic mass is 10.0. The quantitative estimate of drug-likeness (QED) is 0.395. The number of carboxylic acids is 1. The summed E-state index contributed by atoms with van der Waals surface area (Å²) >= 11 is 0. The number of nitrogens with zero attached hydrogens (tertiary/aromatic N) is 3. The van der Waals surface area contributed by atoms with Crippen LogP contribution in [0.3, 0.4) is 0 Å². The number of carboxylic acid groups (broad SMARTS) is 1. The molecule has 2 heterocycles. The number of rotatable bonds is 6. The average molecular weight is 436 g/mol. The second kappa shape index (κ2) is 8.55. The Bertz CT molecular complexity index is 1470. The molecule has 5 rings (SSSR count). The molecule has 3 aromatic carbocycles. The van der Waals surface area contributed by atoms with E-state index in [0.717, 1.165) is 21.9 Å². The smallest absolute Gasteiger partial charge is 0.305 e. The van der Waals surface area contributed by atoms with Gasteiger partial charge < -0.3 is 15.0 Å². The van der Waals surface area contributed by atoms with Gasteiger partial charge in [0.2, 0.25) is 0 Å². The van der Waals surface area contributed by atoms with E-state index in [9.17, 15) is 14.7 Å². The van der Waals surface area contributed by atoms with Crippen LogP contribution in [-0.4, -0.2) is 31.5 Å². The number of carbonyl (C=O) groups is 2. The van der Waals surface area contributed by atoms with Crippen LogP contribution in [0.1, 0.15) is 28.5 Å². The molecule has 0 radical (unpaired) electrons. The van der Waals surface area contributed by atoms with Crippen LogP contribution < -0.4 is 5.32 Å². The third-order valence-corrected chi connectivity index (χ3v) is 5.61. The summed E-state index contributed by atoms with van der Waals surface area (Å²) in [6, 6.07) is 24.0. The van der Waals surface area contributed by atoms with Crippen molar-refractivity contribution < 1.29 is 14.7 Å². The van der Waals surface area contributed by atoms with Crippen molar-refractivity contribution in [1.29, 1.82) is 0 Å². The normalized spacial score (nSPS) is 12.0. The molecule has 1 amide bonds. The number of hydrogen-bond donors (Lipinski definition) is 2. The molecular formula is C26H20N4O3. The average Bonchev–Trinajstić information content (AvgIpc) is 3.25. The Morgan fingerprint density at radius 1 is 0.939 bits per heavy atom. The first kappa shape index (κ1) is 20.4. The molecule has 0 saturated heterocycles. The van der Waals surface area contributed by atoms with Gasteiger partial charge in [0.1, 0.15) is 5.69 Å². The molecule has 2 N–H and O–H groups in total. The molecule has 0 bridgehead atoms. The molecule has 0 aliphatic carbocycles. The highest BCUT2D eigenvalue weighted by molar-refractivity contribution is 6.11.